The number of halogens is 3. The van der Waals surface area contributed by atoms with Gasteiger partial charge in [-0.2, -0.15) is 0 Å². The van der Waals surface area contributed by atoms with Crippen LogP contribution in [0.25, 0.3) is 27.5 Å². The molecule has 0 spiro atoms. The normalized spacial score (nSPS) is 14.8. The van der Waals surface area contributed by atoms with Gasteiger partial charge in [-0.3, -0.25) is 19.1 Å². The van der Waals surface area contributed by atoms with E-state index in [0.717, 1.165) is 27.5 Å². The number of imidazole rings is 1. The summed E-state index contributed by atoms with van der Waals surface area (Å²) in [6.45, 7) is 4.13. The number of anilines is 2. The first kappa shape index (κ1) is 28.4. The molecular weight excluding hydrogens is 577 g/mol. The third kappa shape index (κ3) is 5.80. The monoisotopic (exact) mass is 602 g/mol. The fourth-order valence-electron chi connectivity index (χ4n) is 5.12. The van der Waals surface area contributed by atoms with E-state index in [1.807, 2.05) is 48.5 Å². The zero-order valence-corrected chi connectivity index (χ0v) is 23.9. The van der Waals surface area contributed by atoms with Crippen molar-refractivity contribution in [3.63, 3.8) is 0 Å². The summed E-state index contributed by atoms with van der Waals surface area (Å²) in [5.41, 5.74) is 4.49. The summed E-state index contributed by atoms with van der Waals surface area (Å²) in [6.07, 6.45) is -1.70. The van der Waals surface area contributed by atoms with Crippen molar-refractivity contribution in [1.82, 2.24) is 9.55 Å². The summed E-state index contributed by atoms with van der Waals surface area (Å²) >= 11 is 1.33. The number of nitrogens with zero attached hydrogens (tertiary/aromatic N) is 3. The number of amides is 2. The zero-order valence-electron chi connectivity index (χ0n) is 23.1. The summed E-state index contributed by atoms with van der Waals surface area (Å²) in [5, 5.41) is 5.16. The quantitative estimate of drug-likeness (QED) is 0.201. The standard InChI is InChI=1S/C32H25F3N4O3S/c1-19(2)24-5-3-4-6-26(24)39-29(41)17-43-30(39)16-28(40)37-21-8-13-25-20(15-21)7-14-27-31(25)36-18-38(27)22-9-11-23(12-10-22)42-32(33,34)35/h3-16,18-19H,17H2,1-2H3,(H,37,40)/b30-16-. The van der Waals surface area contributed by atoms with Gasteiger partial charge in [0, 0.05) is 22.8 Å². The van der Waals surface area contributed by atoms with Crippen LogP contribution in [0.2, 0.25) is 0 Å². The minimum Gasteiger partial charge on any atom is -0.406 e. The van der Waals surface area contributed by atoms with Crippen LogP contribution < -0.4 is 15.0 Å². The topological polar surface area (TPSA) is 76.5 Å². The largest absolute Gasteiger partial charge is 0.573 e. The number of carbonyl (C=O) groups is 2. The third-order valence-corrected chi connectivity index (χ3v) is 8.00. The Morgan fingerprint density at radius 2 is 1.81 bits per heavy atom. The summed E-state index contributed by atoms with van der Waals surface area (Å²) in [6, 6.07) is 22.5. The molecule has 7 nitrogen and oxygen atoms in total. The van der Waals surface area contributed by atoms with Gasteiger partial charge in [0.2, 0.25) is 5.91 Å². The molecule has 1 N–H and O–H groups in total. The maximum atomic E-state index is 13.1. The van der Waals surface area contributed by atoms with Crippen LogP contribution in [0.5, 0.6) is 5.75 Å². The molecule has 0 saturated carbocycles. The molecular formula is C32H25F3N4O3S. The van der Waals surface area contributed by atoms with Gasteiger partial charge in [-0.05, 0) is 65.4 Å². The van der Waals surface area contributed by atoms with Crippen molar-refractivity contribution in [2.45, 2.75) is 26.1 Å². The minimum absolute atomic E-state index is 0.0723. The number of rotatable bonds is 6. The summed E-state index contributed by atoms with van der Waals surface area (Å²) in [5.74, 6) is -0.264. The maximum absolute atomic E-state index is 13.1. The van der Waals surface area contributed by atoms with Crippen molar-refractivity contribution in [3.05, 3.63) is 102 Å². The van der Waals surface area contributed by atoms with Crippen molar-refractivity contribution < 1.29 is 27.5 Å². The van der Waals surface area contributed by atoms with Crippen LogP contribution in [0.3, 0.4) is 0 Å². The molecule has 5 aromatic rings. The van der Waals surface area contributed by atoms with Crippen LogP contribution in [0, 0.1) is 0 Å². The van der Waals surface area contributed by atoms with Gasteiger partial charge < -0.3 is 10.1 Å². The molecule has 0 unspecified atom stereocenters. The smallest absolute Gasteiger partial charge is 0.406 e. The highest BCUT2D eigenvalue weighted by atomic mass is 32.2. The lowest BCUT2D eigenvalue weighted by Gasteiger charge is -2.22. The number of alkyl halides is 3. The molecule has 0 atom stereocenters. The van der Waals surface area contributed by atoms with E-state index in [1.165, 1.54) is 42.1 Å². The first-order valence-corrected chi connectivity index (χ1v) is 14.4. The first-order valence-electron chi connectivity index (χ1n) is 13.4. The molecule has 2 heterocycles. The van der Waals surface area contributed by atoms with Gasteiger partial charge in [0.15, 0.2) is 0 Å². The predicted octanol–water partition coefficient (Wildman–Crippen LogP) is 7.76. The summed E-state index contributed by atoms with van der Waals surface area (Å²) in [4.78, 5) is 32.0. The average molecular weight is 603 g/mol. The lowest BCUT2D eigenvalue weighted by Crippen LogP contribution is -2.26. The van der Waals surface area contributed by atoms with Crippen molar-refractivity contribution in [2.75, 3.05) is 16.0 Å². The Morgan fingerprint density at radius 3 is 2.56 bits per heavy atom. The third-order valence-electron chi connectivity index (χ3n) is 7.02. The highest BCUT2D eigenvalue weighted by Crippen LogP contribution is 2.38. The number of hydrogen-bond donors (Lipinski definition) is 1. The van der Waals surface area contributed by atoms with Crippen LogP contribution in [0.15, 0.2) is 96.3 Å². The van der Waals surface area contributed by atoms with E-state index in [2.05, 4.69) is 28.9 Å². The average Bonchev–Trinajstić information content (AvgIpc) is 3.55. The molecule has 1 aliphatic rings. The van der Waals surface area contributed by atoms with Gasteiger partial charge in [0.25, 0.3) is 5.91 Å². The fraction of sp³-hybridized carbons (Fsp3) is 0.156. The fourth-order valence-corrected chi connectivity index (χ4v) is 6.04. The van der Waals surface area contributed by atoms with E-state index in [0.29, 0.717) is 21.9 Å². The number of benzene rings is 4. The van der Waals surface area contributed by atoms with Crippen molar-refractivity contribution in [2.24, 2.45) is 0 Å². The summed E-state index contributed by atoms with van der Waals surface area (Å²) in [7, 11) is 0. The van der Waals surface area contributed by atoms with Gasteiger partial charge in [0.1, 0.15) is 12.1 Å². The Morgan fingerprint density at radius 1 is 1.05 bits per heavy atom. The minimum atomic E-state index is -4.76. The Balaban J connectivity index is 1.23. The second kappa shape index (κ2) is 11.1. The van der Waals surface area contributed by atoms with E-state index in [9.17, 15) is 22.8 Å². The molecule has 0 aliphatic carbocycles. The van der Waals surface area contributed by atoms with Gasteiger partial charge in [-0.25, -0.2) is 4.98 Å². The Kier molecular flexibility index (Phi) is 7.35. The number of nitrogens with one attached hydrogen (secondary N) is 1. The van der Waals surface area contributed by atoms with Gasteiger partial charge >= 0.3 is 6.36 Å². The number of ether oxygens (including phenoxy) is 1. The SMILES string of the molecule is CC(C)c1ccccc1N1C(=O)CS/C1=C\C(=O)Nc1ccc2c(ccc3c2ncn3-c2ccc(OC(F)(F)F)cc2)c1. The molecule has 1 aromatic heterocycles. The van der Waals surface area contributed by atoms with E-state index >= 15 is 0 Å². The van der Waals surface area contributed by atoms with Crippen LogP contribution in [-0.2, 0) is 9.59 Å². The van der Waals surface area contributed by atoms with Crippen LogP contribution in [0.1, 0.15) is 25.3 Å². The lowest BCUT2D eigenvalue weighted by molar-refractivity contribution is -0.274. The van der Waals surface area contributed by atoms with Crippen LogP contribution in [0.4, 0.5) is 24.5 Å². The molecule has 43 heavy (non-hydrogen) atoms. The number of carbonyl (C=O) groups excluding carboxylic acids is 2. The van der Waals surface area contributed by atoms with E-state index < -0.39 is 6.36 Å². The highest BCUT2D eigenvalue weighted by molar-refractivity contribution is 8.04. The number of para-hydroxylation sites is 1. The number of fused-ring (bicyclic) bond motifs is 3. The van der Waals surface area contributed by atoms with Gasteiger partial charge in [-0.15, -0.1) is 13.2 Å². The second-order valence-corrected chi connectivity index (χ2v) is 11.2. The lowest BCUT2D eigenvalue weighted by atomic mass is 10.0. The predicted molar refractivity (Wildman–Crippen MR) is 162 cm³/mol. The number of hydrogen-bond acceptors (Lipinski definition) is 5. The molecule has 1 aliphatic heterocycles. The Labute approximate surface area is 249 Å². The molecule has 1 fully saturated rings. The van der Waals surface area contributed by atoms with Crippen molar-refractivity contribution in [3.8, 4) is 11.4 Å². The Bertz CT molecular complexity index is 1900. The Hall–Kier alpha value is -4.77. The van der Waals surface area contributed by atoms with Crippen LogP contribution in [-0.4, -0.2) is 33.5 Å². The molecule has 218 valence electrons. The molecule has 11 heteroatoms. The van der Waals surface area contributed by atoms with E-state index in [1.54, 1.807) is 21.9 Å². The zero-order chi connectivity index (χ0) is 30.3. The molecule has 0 radical (unpaired) electrons. The van der Waals surface area contributed by atoms with Gasteiger partial charge in [-0.1, -0.05) is 55.9 Å². The van der Waals surface area contributed by atoms with Gasteiger partial charge in [0.05, 0.1) is 27.5 Å². The highest BCUT2D eigenvalue weighted by Gasteiger charge is 2.31. The van der Waals surface area contributed by atoms with Crippen LogP contribution >= 0.6 is 11.8 Å². The van der Waals surface area contributed by atoms with E-state index in [4.69, 9.17) is 0 Å². The van der Waals surface area contributed by atoms with Crippen molar-refractivity contribution >= 4 is 56.8 Å². The molecule has 4 aromatic carbocycles. The first-order chi connectivity index (χ1) is 20.6. The maximum Gasteiger partial charge on any atom is 0.573 e. The number of aromatic nitrogens is 2. The number of thioether (sulfide) groups is 1. The summed E-state index contributed by atoms with van der Waals surface area (Å²) < 4.78 is 43.3. The van der Waals surface area contributed by atoms with Crippen molar-refractivity contribution in [1.29, 1.82) is 0 Å². The second-order valence-electron chi connectivity index (χ2n) is 10.2. The van der Waals surface area contributed by atoms with E-state index in [-0.39, 0.29) is 29.2 Å². The molecule has 1 saturated heterocycles. The molecule has 6 rings (SSSR count). The molecule has 2 amide bonds. The molecule has 0 bridgehead atoms.